The number of halogens is 2. The zero-order valence-electron chi connectivity index (χ0n) is 26.9. The van der Waals surface area contributed by atoms with Crippen LogP contribution in [0, 0.1) is 40.8 Å². The molecule has 4 aliphatic rings. The molecule has 250 valence electrons. The molecule has 7 rings (SSSR count). The van der Waals surface area contributed by atoms with Crippen LogP contribution in [0.4, 0.5) is 15.8 Å². The smallest absolute Gasteiger partial charge is 0.241 e. The van der Waals surface area contributed by atoms with Crippen molar-refractivity contribution in [2.45, 2.75) is 26.7 Å². The molecule has 4 amide bonds. The van der Waals surface area contributed by atoms with E-state index in [9.17, 15) is 33.5 Å². The molecule has 2 heterocycles. The number of fused-ring (bicyclic) bond motifs is 4. The van der Waals surface area contributed by atoms with E-state index in [1.807, 2.05) is 12.2 Å². The largest absolute Gasteiger partial charge is 0.504 e. The number of methoxy groups -OCH3 is 1. The number of carbonyl (C=O) groups excluding carboxylic acids is 5. The minimum Gasteiger partial charge on any atom is -0.504 e. The van der Waals surface area contributed by atoms with Crippen LogP contribution < -0.4 is 14.5 Å². The second kappa shape index (κ2) is 11.8. The molecule has 0 radical (unpaired) electrons. The topological polar surface area (TPSA) is 121 Å². The summed E-state index contributed by atoms with van der Waals surface area (Å²) in [5.74, 6) is -5.85. The van der Waals surface area contributed by atoms with Gasteiger partial charge in [0.1, 0.15) is 5.82 Å². The van der Waals surface area contributed by atoms with E-state index in [1.54, 1.807) is 49.4 Å². The Morgan fingerprint density at radius 3 is 2.35 bits per heavy atom. The molecule has 9 nitrogen and oxygen atoms in total. The average molecular weight is 683 g/mol. The third-order valence-electron chi connectivity index (χ3n) is 10.7. The summed E-state index contributed by atoms with van der Waals surface area (Å²) in [6, 6.07) is 14.8. The van der Waals surface area contributed by atoms with Gasteiger partial charge in [-0.3, -0.25) is 28.9 Å². The van der Waals surface area contributed by atoms with Gasteiger partial charge in [0.2, 0.25) is 23.6 Å². The van der Waals surface area contributed by atoms with Gasteiger partial charge in [-0.15, -0.1) is 0 Å². The highest BCUT2D eigenvalue weighted by molar-refractivity contribution is 6.32. The number of allylic oxidation sites excluding steroid dienone is 3. The summed E-state index contributed by atoms with van der Waals surface area (Å²) in [7, 11) is 1.43. The quantitative estimate of drug-likeness (QED) is 0.182. The van der Waals surface area contributed by atoms with Gasteiger partial charge in [-0.2, -0.15) is 0 Å². The Balaban J connectivity index is 1.32. The number of hydrogen-bond acceptors (Lipinski definition) is 7. The number of ether oxygens (including phenoxy) is 1. The second-order valence-corrected chi connectivity index (χ2v) is 13.6. The number of carbonyl (C=O) groups is 5. The number of Topliss-reactive ketones (excluding diaryl/α,β-unsaturated/α-hetero) is 1. The molecule has 3 fully saturated rings. The monoisotopic (exact) mass is 682 g/mol. The van der Waals surface area contributed by atoms with Crippen molar-refractivity contribution in [3.8, 4) is 11.5 Å². The Labute approximate surface area is 286 Å². The van der Waals surface area contributed by atoms with Crippen LogP contribution in [0.5, 0.6) is 11.5 Å². The van der Waals surface area contributed by atoms with Gasteiger partial charge in [0, 0.05) is 11.5 Å². The van der Waals surface area contributed by atoms with Crippen LogP contribution in [0.15, 0.2) is 78.4 Å². The fourth-order valence-corrected chi connectivity index (χ4v) is 8.37. The summed E-state index contributed by atoms with van der Waals surface area (Å²) in [6.45, 7) is 3.17. The highest BCUT2D eigenvalue weighted by Gasteiger charge is 2.67. The van der Waals surface area contributed by atoms with Gasteiger partial charge in [-0.05, 0) is 92.8 Å². The first-order chi connectivity index (χ1) is 23.4. The van der Waals surface area contributed by atoms with Gasteiger partial charge in [0.15, 0.2) is 17.3 Å². The summed E-state index contributed by atoms with van der Waals surface area (Å²) in [6.07, 6.45) is 5.96. The Bertz CT molecular complexity index is 2020. The molecule has 2 saturated heterocycles. The van der Waals surface area contributed by atoms with Crippen molar-refractivity contribution in [1.82, 2.24) is 0 Å². The predicted molar refractivity (Wildman–Crippen MR) is 179 cm³/mol. The van der Waals surface area contributed by atoms with Crippen LogP contribution in [0.25, 0.3) is 6.08 Å². The highest BCUT2D eigenvalue weighted by atomic mass is 35.5. The number of benzene rings is 3. The first-order valence-corrected chi connectivity index (χ1v) is 16.3. The molecule has 1 N–H and O–H groups in total. The third-order valence-corrected chi connectivity index (χ3v) is 11.0. The molecule has 0 bridgehead atoms. The molecule has 3 aromatic carbocycles. The number of rotatable bonds is 6. The summed E-state index contributed by atoms with van der Waals surface area (Å²) >= 11 is 6.07. The van der Waals surface area contributed by atoms with Crippen LogP contribution in [0.1, 0.15) is 42.6 Å². The van der Waals surface area contributed by atoms with Crippen molar-refractivity contribution in [3.05, 3.63) is 100 Å². The molecular formula is C38H32ClFN2O7. The number of anilines is 2. The normalized spacial score (nSPS) is 27.7. The summed E-state index contributed by atoms with van der Waals surface area (Å²) in [5.41, 5.74) is 1.12. The maximum Gasteiger partial charge on any atom is 0.241 e. The number of ketones is 1. The Hall–Kier alpha value is -5.09. The van der Waals surface area contributed by atoms with E-state index in [4.69, 9.17) is 16.3 Å². The van der Waals surface area contributed by atoms with Crippen LogP contribution in [-0.2, 0) is 19.2 Å². The SMILES string of the molecule is COc1cc(C=C[C@H]2C3=CC[C@@H]4C(=O)N(c5ccc(C(C)=O)cc5)C(=O)[C@@H]4[C@@H]3C[C@H]3C(=O)N(c4ccc(F)c(Cl)c4)C(=O)[C@@]23C)ccc1O. The maximum atomic E-state index is 14.5. The number of amides is 4. The van der Waals surface area contributed by atoms with Crippen molar-refractivity contribution in [1.29, 1.82) is 0 Å². The Kier molecular flexibility index (Phi) is 7.82. The minimum atomic E-state index is -1.29. The Morgan fingerprint density at radius 2 is 1.67 bits per heavy atom. The van der Waals surface area contributed by atoms with Crippen molar-refractivity contribution in [3.63, 3.8) is 0 Å². The molecule has 0 aromatic heterocycles. The molecule has 0 spiro atoms. The van der Waals surface area contributed by atoms with E-state index < -0.39 is 58.5 Å². The molecular weight excluding hydrogens is 651 g/mol. The maximum absolute atomic E-state index is 14.5. The summed E-state index contributed by atoms with van der Waals surface area (Å²) in [4.78, 5) is 70.9. The van der Waals surface area contributed by atoms with Crippen molar-refractivity contribution in [2.24, 2.45) is 35.0 Å². The number of aromatic hydroxyl groups is 1. The first kappa shape index (κ1) is 32.5. The van der Waals surface area contributed by atoms with Gasteiger partial charge < -0.3 is 9.84 Å². The van der Waals surface area contributed by atoms with E-state index in [0.29, 0.717) is 16.8 Å². The predicted octanol–water partition coefficient (Wildman–Crippen LogP) is 6.38. The first-order valence-electron chi connectivity index (χ1n) is 15.9. The van der Waals surface area contributed by atoms with Crippen LogP contribution in [0.2, 0.25) is 5.02 Å². The molecule has 11 heteroatoms. The lowest BCUT2D eigenvalue weighted by Gasteiger charge is -2.47. The van der Waals surface area contributed by atoms with Gasteiger partial charge in [0.25, 0.3) is 0 Å². The lowest BCUT2D eigenvalue weighted by Crippen LogP contribution is -2.49. The number of hydrogen-bond donors (Lipinski definition) is 1. The third kappa shape index (κ3) is 4.91. The van der Waals surface area contributed by atoms with Crippen molar-refractivity contribution in [2.75, 3.05) is 16.9 Å². The highest BCUT2D eigenvalue weighted by Crippen LogP contribution is 2.61. The van der Waals surface area contributed by atoms with Gasteiger partial charge in [-0.1, -0.05) is 41.5 Å². The lowest BCUT2D eigenvalue weighted by atomic mass is 9.52. The molecule has 6 atom stereocenters. The van der Waals surface area contributed by atoms with Crippen LogP contribution in [0.3, 0.4) is 0 Å². The molecule has 1 saturated carbocycles. The zero-order valence-corrected chi connectivity index (χ0v) is 27.6. The van der Waals surface area contributed by atoms with E-state index in [1.165, 1.54) is 37.1 Å². The number of imide groups is 2. The average Bonchev–Trinajstić information content (AvgIpc) is 3.45. The number of phenols is 1. The van der Waals surface area contributed by atoms with Gasteiger partial charge in [-0.25, -0.2) is 9.29 Å². The van der Waals surface area contributed by atoms with Crippen LogP contribution in [-0.4, -0.2) is 41.6 Å². The zero-order chi connectivity index (χ0) is 34.9. The second-order valence-electron chi connectivity index (χ2n) is 13.2. The summed E-state index contributed by atoms with van der Waals surface area (Å²) < 4.78 is 19.4. The number of nitrogens with zero attached hydrogens (tertiary/aromatic N) is 2. The number of phenolic OH excluding ortho intramolecular Hbond substituents is 1. The van der Waals surface area contributed by atoms with Crippen LogP contribution >= 0.6 is 11.6 Å². The lowest BCUT2D eigenvalue weighted by molar-refractivity contribution is -0.132. The van der Waals surface area contributed by atoms with E-state index in [0.717, 1.165) is 16.5 Å². The molecule has 2 aliphatic carbocycles. The van der Waals surface area contributed by atoms with Gasteiger partial charge >= 0.3 is 0 Å². The fraction of sp³-hybridized carbons (Fsp3) is 0.289. The fourth-order valence-electron chi connectivity index (χ4n) is 8.19. The van der Waals surface area contributed by atoms with E-state index in [-0.39, 0.29) is 46.7 Å². The molecule has 2 aliphatic heterocycles. The van der Waals surface area contributed by atoms with E-state index >= 15 is 0 Å². The van der Waals surface area contributed by atoms with Crippen molar-refractivity contribution >= 4 is 58.5 Å². The minimum absolute atomic E-state index is 0.0412. The molecule has 3 aromatic rings. The van der Waals surface area contributed by atoms with Crippen molar-refractivity contribution < 1.29 is 38.2 Å². The summed E-state index contributed by atoms with van der Waals surface area (Å²) in [5, 5.41) is 9.89. The Morgan fingerprint density at radius 1 is 0.959 bits per heavy atom. The standard InChI is InChI=1S/C38H32ClFN2O7/c1-19(43)21-6-8-22(9-7-21)41-34(45)25-12-11-24-26(33(25)36(41)47)18-28-35(46)42(23-10-14-30(40)29(39)17-23)37(48)38(28,2)27(24)13-4-20-5-15-31(44)32(16-20)49-3/h4-11,13-17,25-28,33,44H,12,18H2,1-3H3/t25-,26+,27-,28-,33-,38-/m0/s1. The van der Waals surface area contributed by atoms with E-state index in [2.05, 4.69) is 0 Å². The molecule has 0 unspecified atom stereocenters. The van der Waals surface area contributed by atoms with Gasteiger partial charge in [0.05, 0.1) is 46.7 Å². The molecule has 49 heavy (non-hydrogen) atoms.